The Morgan fingerprint density at radius 1 is 0.857 bits per heavy atom. The Labute approximate surface area is 240 Å². The zero-order chi connectivity index (χ0) is 29.8. The first kappa shape index (κ1) is 28.2. The monoisotopic (exact) mass is 565 g/mol. The molecule has 9 nitrogen and oxygen atoms in total. The van der Waals surface area contributed by atoms with Gasteiger partial charge in [0.1, 0.15) is 11.5 Å². The second-order valence-electron chi connectivity index (χ2n) is 9.89. The number of benzene rings is 3. The van der Waals surface area contributed by atoms with E-state index in [9.17, 15) is 24.1 Å². The van der Waals surface area contributed by atoms with Gasteiger partial charge in [0.15, 0.2) is 0 Å². The fourth-order valence-corrected chi connectivity index (χ4v) is 4.98. The van der Waals surface area contributed by atoms with Crippen LogP contribution in [0.3, 0.4) is 0 Å². The molecule has 3 aromatic carbocycles. The third kappa shape index (κ3) is 5.60. The van der Waals surface area contributed by atoms with E-state index >= 15 is 0 Å². The predicted molar refractivity (Wildman–Crippen MR) is 159 cm³/mol. The summed E-state index contributed by atoms with van der Waals surface area (Å²) < 4.78 is 17.9. The van der Waals surface area contributed by atoms with E-state index in [4.69, 9.17) is 0 Å². The first-order valence-corrected chi connectivity index (χ1v) is 13.4. The van der Waals surface area contributed by atoms with Gasteiger partial charge in [-0.3, -0.25) is 24.2 Å². The third-order valence-electron chi connectivity index (χ3n) is 7.23. The summed E-state index contributed by atoms with van der Waals surface area (Å²) in [4.78, 5) is 39.4. The van der Waals surface area contributed by atoms with Gasteiger partial charge in [-0.15, -0.1) is 0 Å². The zero-order valence-corrected chi connectivity index (χ0v) is 23.0. The smallest absolute Gasteiger partial charge is 0.280 e. The number of halogens is 1. The first-order valence-electron chi connectivity index (χ1n) is 13.4. The molecule has 10 heteroatoms. The minimum Gasteiger partial charge on any atom is -0.280 e. The van der Waals surface area contributed by atoms with E-state index < -0.39 is 33.9 Å². The lowest BCUT2D eigenvalue weighted by Gasteiger charge is -2.22. The maximum absolute atomic E-state index is 14.1. The molecule has 212 valence electrons. The average Bonchev–Trinajstić information content (AvgIpc) is 3.44. The van der Waals surface area contributed by atoms with Gasteiger partial charge in [0.2, 0.25) is 0 Å². The van der Waals surface area contributed by atoms with Gasteiger partial charge in [-0.1, -0.05) is 78.9 Å². The highest BCUT2D eigenvalue weighted by Gasteiger charge is 2.31. The van der Waals surface area contributed by atoms with Crippen LogP contribution >= 0.6 is 0 Å². The molecule has 0 fully saturated rings. The molecule has 2 atom stereocenters. The Kier molecular flexibility index (Phi) is 8.05. The van der Waals surface area contributed by atoms with E-state index in [1.165, 1.54) is 27.6 Å². The van der Waals surface area contributed by atoms with Crippen molar-refractivity contribution in [2.45, 2.75) is 32.5 Å². The summed E-state index contributed by atoms with van der Waals surface area (Å²) in [6, 6.07) is 23.0. The summed E-state index contributed by atoms with van der Waals surface area (Å²) in [7, 11) is 0. The summed E-state index contributed by atoms with van der Waals surface area (Å²) >= 11 is 0. The molecule has 0 spiro atoms. The minimum absolute atomic E-state index is 0.135. The van der Waals surface area contributed by atoms with Crippen LogP contribution in [0.1, 0.15) is 53.9 Å². The summed E-state index contributed by atoms with van der Waals surface area (Å²) in [6.07, 6.45) is 6.11. The summed E-state index contributed by atoms with van der Waals surface area (Å²) in [5, 5.41) is 16.7. The molecule has 2 aromatic heterocycles. The van der Waals surface area contributed by atoms with Gasteiger partial charge in [-0.2, -0.15) is 5.10 Å². The molecule has 0 aliphatic rings. The largest absolute Gasteiger partial charge is 0.357 e. The Morgan fingerprint density at radius 3 is 2.02 bits per heavy atom. The summed E-state index contributed by atoms with van der Waals surface area (Å²) in [5.74, 6) is -0.357. The predicted octanol–water partition coefficient (Wildman–Crippen LogP) is 5.69. The van der Waals surface area contributed by atoms with Crippen molar-refractivity contribution < 1.29 is 9.31 Å². The molecule has 0 aliphatic carbocycles. The van der Waals surface area contributed by atoms with E-state index in [0.717, 1.165) is 10.1 Å². The van der Waals surface area contributed by atoms with Gasteiger partial charge in [0, 0.05) is 17.3 Å². The average molecular weight is 566 g/mol. The Morgan fingerprint density at radius 2 is 1.43 bits per heavy atom. The van der Waals surface area contributed by atoms with Crippen molar-refractivity contribution in [3.63, 3.8) is 0 Å². The minimum atomic E-state index is -0.993. The first-order chi connectivity index (χ1) is 20.3. The van der Waals surface area contributed by atoms with E-state index in [2.05, 4.69) is 5.10 Å². The number of aromatic nitrogens is 4. The van der Waals surface area contributed by atoms with E-state index in [1.807, 2.05) is 36.4 Å². The van der Waals surface area contributed by atoms with Crippen LogP contribution in [0.2, 0.25) is 0 Å². The molecule has 2 heterocycles. The third-order valence-corrected chi connectivity index (χ3v) is 7.23. The SMILES string of the molecule is CC(c1ccccc1)n1c(C=Cc2cnn(Cc3ccccc3F)c2)c([N+](=O)[O-])c(=O)n(C(C)c2ccccc2)c1=O. The van der Waals surface area contributed by atoms with Crippen LogP contribution in [0.5, 0.6) is 0 Å². The summed E-state index contributed by atoms with van der Waals surface area (Å²) in [6.45, 7) is 3.61. The molecule has 5 rings (SSSR count). The van der Waals surface area contributed by atoms with Crippen LogP contribution in [0.25, 0.3) is 12.2 Å². The van der Waals surface area contributed by atoms with Crippen molar-refractivity contribution in [2.24, 2.45) is 0 Å². The molecule has 42 heavy (non-hydrogen) atoms. The summed E-state index contributed by atoms with van der Waals surface area (Å²) in [5.41, 5.74) is -0.114. The molecular formula is C32H28FN5O4. The molecular weight excluding hydrogens is 537 g/mol. The molecule has 0 amide bonds. The van der Waals surface area contributed by atoms with Crippen LogP contribution in [0.4, 0.5) is 10.1 Å². The van der Waals surface area contributed by atoms with Gasteiger partial charge < -0.3 is 0 Å². The number of hydrogen-bond acceptors (Lipinski definition) is 5. The Balaban J connectivity index is 1.65. The number of hydrogen-bond donors (Lipinski definition) is 0. The molecule has 0 N–H and O–H groups in total. The zero-order valence-electron chi connectivity index (χ0n) is 23.0. The Bertz CT molecular complexity index is 1880. The van der Waals surface area contributed by atoms with E-state index in [-0.39, 0.29) is 18.1 Å². The van der Waals surface area contributed by atoms with Crippen molar-refractivity contribution in [1.82, 2.24) is 18.9 Å². The molecule has 0 saturated heterocycles. The van der Waals surface area contributed by atoms with Gasteiger partial charge >= 0.3 is 16.9 Å². The van der Waals surface area contributed by atoms with Crippen LogP contribution in [0, 0.1) is 15.9 Å². The maximum atomic E-state index is 14.1. The second kappa shape index (κ2) is 12.0. The maximum Gasteiger partial charge on any atom is 0.357 e. The number of rotatable bonds is 9. The molecule has 2 unspecified atom stereocenters. The van der Waals surface area contributed by atoms with Crippen LogP contribution in [0.15, 0.2) is 107 Å². The highest BCUT2D eigenvalue weighted by atomic mass is 19.1. The van der Waals surface area contributed by atoms with Gasteiger partial charge in [0.05, 0.1) is 29.7 Å². The fourth-order valence-electron chi connectivity index (χ4n) is 4.98. The van der Waals surface area contributed by atoms with Gasteiger partial charge in [0.25, 0.3) is 0 Å². The number of nitro groups is 1. The molecule has 0 bridgehead atoms. The topological polar surface area (TPSA) is 105 Å². The van der Waals surface area contributed by atoms with Crippen LogP contribution < -0.4 is 11.2 Å². The van der Waals surface area contributed by atoms with E-state index in [1.54, 1.807) is 68.6 Å². The molecule has 0 radical (unpaired) electrons. The lowest BCUT2D eigenvalue weighted by Crippen LogP contribution is -2.44. The molecule has 0 aliphatic heterocycles. The lowest BCUT2D eigenvalue weighted by molar-refractivity contribution is -0.387. The van der Waals surface area contributed by atoms with Crippen molar-refractivity contribution in [3.8, 4) is 0 Å². The molecule has 0 saturated carbocycles. The number of nitrogens with zero attached hydrogens (tertiary/aromatic N) is 5. The van der Waals surface area contributed by atoms with Crippen molar-refractivity contribution in [2.75, 3.05) is 0 Å². The van der Waals surface area contributed by atoms with Crippen molar-refractivity contribution in [3.05, 3.63) is 162 Å². The quantitative estimate of drug-likeness (QED) is 0.169. The Hall–Kier alpha value is -5.38. The highest BCUT2D eigenvalue weighted by molar-refractivity contribution is 5.71. The molecule has 5 aromatic rings. The normalized spacial score (nSPS) is 12.8. The highest BCUT2D eigenvalue weighted by Crippen LogP contribution is 2.25. The van der Waals surface area contributed by atoms with Crippen LogP contribution in [-0.2, 0) is 6.54 Å². The van der Waals surface area contributed by atoms with Crippen molar-refractivity contribution in [1.29, 1.82) is 0 Å². The van der Waals surface area contributed by atoms with Crippen LogP contribution in [-0.4, -0.2) is 23.8 Å². The van der Waals surface area contributed by atoms with Gasteiger partial charge in [-0.05, 0) is 43.2 Å². The lowest BCUT2D eigenvalue weighted by atomic mass is 10.1. The van der Waals surface area contributed by atoms with E-state index in [0.29, 0.717) is 16.7 Å². The fraction of sp³-hybridized carbons (Fsp3) is 0.156. The van der Waals surface area contributed by atoms with Gasteiger partial charge in [-0.25, -0.2) is 13.8 Å². The standard InChI is InChI=1S/C32H28FN5O4/c1-22(25-11-5-3-6-12-25)36-29(18-17-24-19-34-35(20-24)21-27-15-9-10-16-28(27)33)30(38(41)42)31(39)37(32(36)40)23(2)26-13-7-4-8-14-26/h3-20,22-23H,21H2,1-2H3. The van der Waals surface area contributed by atoms with Crippen molar-refractivity contribution >= 4 is 17.8 Å². The second-order valence-corrected chi connectivity index (χ2v) is 9.89.